The van der Waals surface area contributed by atoms with Gasteiger partial charge in [-0.05, 0) is 49.5 Å². The first-order valence-electron chi connectivity index (χ1n) is 9.83. The third-order valence-corrected chi connectivity index (χ3v) is 5.48. The molecular weight excluding hydrogens is 338 g/mol. The summed E-state index contributed by atoms with van der Waals surface area (Å²) < 4.78 is 6.01. The zero-order valence-electron chi connectivity index (χ0n) is 16.2. The Morgan fingerprint density at radius 3 is 2.37 bits per heavy atom. The summed E-state index contributed by atoms with van der Waals surface area (Å²) in [5, 5.41) is 10.2. The first kappa shape index (κ1) is 19.6. The fourth-order valence-electron chi connectivity index (χ4n) is 4.01. The van der Waals surface area contributed by atoms with Crippen LogP contribution < -0.4 is 0 Å². The molecule has 2 unspecified atom stereocenters. The molecule has 2 aromatic rings. The van der Waals surface area contributed by atoms with Gasteiger partial charge in [0.05, 0.1) is 0 Å². The predicted octanol–water partition coefficient (Wildman–Crippen LogP) is 4.60. The van der Waals surface area contributed by atoms with Crippen molar-refractivity contribution in [3.63, 3.8) is 0 Å². The number of likely N-dealkylation sites (tertiary alicyclic amines) is 1. The van der Waals surface area contributed by atoms with Gasteiger partial charge in [-0.3, -0.25) is 4.90 Å². The molecule has 0 amide bonds. The summed E-state index contributed by atoms with van der Waals surface area (Å²) in [7, 11) is 2.16. The largest absolute Gasteiger partial charge is 0.479 e. The molecule has 1 heterocycles. The van der Waals surface area contributed by atoms with Crippen molar-refractivity contribution in [3.8, 4) is 0 Å². The number of hydrogen-bond donors (Lipinski definition) is 1. The molecule has 144 valence electrons. The topological polar surface area (TPSA) is 49.8 Å². The van der Waals surface area contributed by atoms with E-state index in [2.05, 4.69) is 24.1 Å². The van der Waals surface area contributed by atoms with Gasteiger partial charge in [0.2, 0.25) is 5.60 Å². The Kier molecular flexibility index (Phi) is 6.30. The minimum Gasteiger partial charge on any atom is -0.479 e. The fraction of sp³-hybridized carbons (Fsp3) is 0.435. The van der Waals surface area contributed by atoms with Gasteiger partial charge in [0.15, 0.2) is 0 Å². The van der Waals surface area contributed by atoms with Crippen molar-refractivity contribution in [2.75, 3.05) is 20.2 Å². The Balaban J connectivity index is 2.00. The molecule has 0 spiro atoms. The van der Waals surface area contributed by atoms with Crippen LogP contribution in [0.2, 0.25) is 0 Å². The van der Waals surface area contributed by atoms with E-state index in [0.29, 0.717) is 23.8 Å². The van der Waals surface area contributed by atoms with Crippen molar-refractivity contribution >= 4 is 5.97 Å². The van der Waals surface area contributed by atoms with E-state index in [0.717, 1.165) is 19.4 Å². The van der Waals surface area contributed by atoms with Crippen molar-refractivity contribution in [1.82, 2.24) is 4.90 Å². The van der Waals surface area contributed by atoms with E-state index in [4.69, 9.17) is 4.74 Å². The summed E-state index contributed by atoms with van der Waals surface area (Å²) in [5.74, 6) is -0.982. The number of ether oxygens (including phenoxy) is 1. The highest BCUT2D eigenvalue weighted by Crippen LogP contribution is 2.36. The molecule has 2 atom stereocenters. The van der Waals surface area contributed by atoms with Gasteiger partial charge in [-0.1, -0.05) is 67.9 Å². The van der Waals surface area contributed by atoms with Crippen molar-refractivity contribution < 1.29 is 14.6 Å². The van der Waals surface area contributed by atoms with Crippen LogP contribution in [-0.4, -0.2) is 36.2 Å². The maximum Gasteiger partial charge on any atom is 0.345 e. The van der Waals surface area contributed by atoms with E-state index in [1.54, 1.807) is 0 Å². The van der Waals surface area contributed by atoms with Crippen LogP contribution in [-0.2, 0) is 15.1 Å². The summed E-state index contributed by atoms with van der Waals surface area (Å²) in [6, 6.07) is 17.6. The normalized spacial score (nSPS) is 20.1. The summed E-state index contributed by atoms with van der Waals surface area (Å²) in [5.41, 5.74) is 1.07. The van der Waals surface area contributed by atoms with Gasteiger partial charge in [0, 0.05) is 12.6 Å². The maximum atomic E-state index is 12.4. The number of piperidine rings is 1. The molecule has 0 saturated carbocycles. The maximum absolute atomic E-state index is 12.4. The molecule has 0 bridgehead atoms. The molecule has 1 aliphatic rings. The van der Waals surface area contributed by atoms with Crippen molar-refractivity contribution in [1.29, 1.82) is 0 Å². The highest BCUT2D eigenvalue weighted by atomic mass is 16.5. The molecule has 1 aliphatic heterocycles. The van der Waals surface area contributed by atoms with Gasteiger partial charge < -0.3 is 9.84 Å². The van der Waals surface area contributed by atoms with Crippen molar-refractivity contribution in [2.24, 2.45) is 0 Å². The van der Waals surface area contributed by atoms with E-state index in [9.17, 15) is 9.90 Å². The minimum absolute atomic E-state index is 0.383. The Morgan fingerprint density at radius 1 is 1.11 bits per heavy atom. The second kappa shape index (κ2) is 8.68. The number of carboxylic acid groups (broad SMARTS) is 1. The van der Waals surface area contributed by atoms with Gasteiger partial charge in [-0.2, -0.15) is 0 Å². The van der Waals surface area contributed by atoms with Crippen molar-refractivity contribution in [3.05, 3.63) is 71.3 Å². The Labute approximate surface area is 161 Å². The minimum atomic E-state index is -1.48. The molecule has 1 fully saturated rings. The molecule has 0 radical (unpaired) electrons. The lowest BCUT2D eigenvalue weighted by atomic mass is 9.84. The van der Waals surface area contributed by atoms with Crippen LogP contribution in [0.3, 0.4) is 0 Å². The molecule has 4 heteroatoms. The second-order valence-corrected chi connectivity index (χ2v) is 7.32. The Morgan fingerprint density at radius 2 is 1.78 bits per heavy atom. The average Bonchev–Trinajstić information content (AvgIpc) is 2.70. The molecule has 1 saturated heterocycles. The number of hydrogen-bond acceptors (Lipinski definition) is 3. The Hall–Kier alpha value is -2.17. The summed E-state index contributed by atoms with van der Waals surface area (Å²) in [6.45, 7) is 3.48. The van der Waals surface area contributed by atoms with E-state index in [-0.39, 0.29) is 0 Å². The third-order valence-electron chi connectivity index (χ3n) is 5.48. The van der Waals surface area contributed by atoms with E-state index >= 15 is 0 Å². The van der Waals surface area contributed by atoms with Crippen molar-refractivity contribution in [2.45, 2.75) is 44.2 Å². The smallest absolute Gasteiger partial charge is 0.345 e. The summed E-state index contributed by atoms with van der Waals surface area (Å²) in [4.78, 5) is 14.8. The zero-order valence-corrected chi connectivity index (χ0v) is 16.2. The van der Waals surface area contributed by atoms with Crippen LogP contribution in [0.1, 0.15) is 55.3 Å². The lowest BCUT2D eigenvalue weighted by Gasteiger charge is -2.34. The molecular formula is C23H29NO3. The molecule has 4 nitrogen and oxygen atoms in total. The van der Waals surface area contributed by atoms with E-state index in [1.807, 2.05) is 49.4 Å². The van der Waals surface area contributed by atoms with Crippen LogP contribution in [0.15, 0.2) is 54.6 Å². The number of benzene rings is 2. The molecule has 1 N–H and O–H groups in total. The third kappa shape index (κ3) is 3.92. The average molecular weight is 367 g/mol. The lowest BCUT2D eigenvalue weighted by Crippen LogP contribution is -2.40. The van der Waals surface area contributed by atoms with Gasteiger partial charge >= 0.3 is 5.97 Å². The first-order chi connectivity index (χ1) is 13.1. The monoisotopic (exact) mass is 367 g/mol. The lowest BCUT2D eigenvalue weighted by molar-refractivity contribution is -0.161. The highest BCUT2D eigenvalue weighted by molar-refractivity contribution is 5.84. The summed E-state index contributed by atoms with van der Waals surface area (Å²) in [6.07, 6.45) is 4.38. The standard InChI is InChI=1S/C23H29NO3/c1-3-17-27-23(22(25)26,19-9-5-4-6-10-19)20-14-12-18(13-15-20)21-11-7-8-16-24(21)2/h4-6,9-10,12-15,21H,3,7-8,11,16-17H2,1-2H3,(H,25,26). The zero-order chi connectivity index (χ0) is 19.3. The predicted molar refractivity (Wildman–Crippen MR) is 107 cm³/mol. The Bertz CT molecular complexity index is 744. The van der Waals surface area contributed by atoms with Gasteiger partial charge in [-0.15, -0.1) is 0 Å². The molecule has 0 aliphatic carbocycles. The van der Waals surface area contributed by atoms with Crippen LogP contribution in [0.25, 0.3) is 0 Å². The highest BCUT2D eigenvalue weighted by Gasteiger charge is 2.43. The number of aliphatic carboxylic acids is 1. The van der Waals surface area contributed by atoms with Crippen LogP contribution >= 0.6 is 0 Å². The quantitative estimate of drug-likeness (QED) is 0.777. The number of nitrogens with zero attached hydrogens (tertiary/aromatic N) is 1. The van der Waals surface area contributed by atoms with Crippen LogP contribution in [0.5, 0.6) is 0 Å². The number of carboxylic acids is 1. The van der Waals surface area contributed by atoms with E-state index < -0.39 is 11.6 Å². The van der Waals surface area contributed by atoms with Gasteiger partial charge in [0.25, 0.3) is 0 Å². The van der Waals surface area contributed by atoms with Crippen LogP contribution in [0.4, 0.5) is 0 Å². The van der Waals surface area contributed by atoms with Crippen LogP contribution in [0, 0.1) is 0 Å². The molecule has 3 rings (SSSR count). The van der Waals surface area contributed by atoms with E-state index in [1.165, 1.54) is 18.4 Å². The van der Waals surface area contributed by atoms with Gasteiger partial charge in [-0.25, -0.2) is 4.79 Å². The molecule has 27 heavy (non-hydrogen) atoms. The molecule has 2 aromatic carbocycles. The number of rotatable bonds is 7. The molecule has 0 aromatic heterocycles. The fourth-order valence-corrected chi connectivity index (χ4v) is 4.01. The SMILES string of the molecule is CCCOC(C(=O)O)(c1ccccc1)c1ccc(C2CCCCN2C)cc1. The second-order valence-electron chi connectivity index (χ2n) is 7.32. The van der Waals surface area contributed by atoms with Gasteiger partial charge in [0.1, 0.15) is 0 Å². The number of carbonyl (C=O) groups is 1. The first-order valence-corrected chi connectivity index (χ1v) is 9.83. The summed E-state index contributed by atoms with van der Waals surface area (Å²) >= 11 is 0.